The highest BCUT2D eigenvalue weighted by Crippen LogP contribution is 2.10. The molecule has 1 amide bonds. The number of likely N-dealkylation sites (N-methyl/N-ethyl adjacent to an activating group) is 1. The van der Waals surface area contributed by atoms with Crippen LogP contribution in [0.15, 0.2) is 18.2 Å². The molecule has 2 rings (SSSR count). The fourth-order valence-electron chi connectivity index (χ4n) is 1.96. The molecular formula is C13H19N5O. The van der Waals surface area contributed by atoms with E-state index in [0.717, 1.165) is 30.7 Å². The lowest BCUT2D eigenvalue weighted by Gasteiger charge is -2.17. The van der Waals surface area contributed by atoms with Crippen molar-refractivity contribution in [2.45, 2.75) is 13.8 Å². The minimum atomic E-state index is -0.0661. The van der Waals surface area contributed by atoms with E-state index in [1.165, 1.54) is 0 Å². The second-order valence-corrected chi connectivity index (χ2v) is 4.33. The molecule has 19 heavy (non-hydrogen) atoms. The van der Waals surface area contributed by atoms with Crippen molar-refractivity contribution in [1.29, 1.82) is 0 Å². The molecule has 2 N–H and O–H groups in total. The van der Waals surface area contributed by atoms with Gasteiger partial charge in [-0.25, -0.2) is 0 Å². The Labute approximate surface area is 112 Å². The number of aromatic amines is 1. The summed E-state index contributed by atoms with van der Waals surface area (Å²) in [5, 5.41) is 13.3. The van der Waals surface area contributed by atoms with Crippen LogP contribution in [0.3, 0.4) is 0 Å². The van der Waals surface area contributed by atoms with Crippen LogP contribution < -0.4 is 5.32 Å². The van der Waals surface area contributed by atoms with Gasteiger partial charge in [-0.2, -0.15) is 0 Å². The molecule has 1 aromatic carbocycles. The summed E-state index contributed by atoms with van der Waals surface area (Å²) in [6.07, 6.45) is 0. The Morgan fingerprint density at radius 1 is 1.37 bits per heavy atom. The summed E-state index contributed by atoms with van der Waals surface area (Å²) >= 11 is 0. The Kier molecular flexibility index (Phi) is 4.46. The van der Waals surface area contributed by atoms with Crippen LogP contribution in [0.5, 0.6) is 0 Å². The topological polar surface area (TPSA) is 73.9 Å². The van der Waals surface area contributed by atoms with Gasteiger partial charge in [0.1, 0.15) is 5.52 Å². The van der Waals surface area contributed by atoms with E-state index in [1.807, 2.05) is 0 Å². The molecule has 1 heterocycles. The molecule has 1 aromatic heterocycles. The van der Waals surface area contributed by atoms with Gasteiger partial charge < -0.3 is 10.2 Å². The van der Waals surface area contributed by atoms with E-state index in [0.29, 0.717) is 12.1 Å². The number of nitrogens with one attached hydrogen (secondary N) is 2. The lowest BCUT2D eigenvalue weighted by molar-refractivity contribution is 0.0949. The molecule has 0 spiro atoms. The van der Waals surface area contributed by atoms with E-state index < -0.39 is 0 Å². The number of carbonyl (C=O) groups is 1. The molecule has 2 aromatic rings. The molecule has 0 saturated carbocycles. The van der Waals surface area contributed by atoms with Gasteiger partial charge in [-0.05, 0) is 31.3 Å². The number of hydrogen-bond acceptors (Lipinski definition) is 4. The van der Waals surface area contributed by atoms with Crippen LogP contribution in [-0.2, 0) is 0 Å². The predicted octanol–water partition coefficient (Wildman–Crippen LogP) is 1.03. The third-order valence-corrected chi connectivity index (χ3v) is 3.19. The maximum Gasteiger partial charge on any atom is 0.251 e. The first-order chi connectivity index (χ1) is 9.24. The van der Waals surface area contributed by atoms with E-state index in [1.54, 1.807) is 18.2 Å². The first-order valence-corrected chi connectivity index (χ1v) is 6.56. The van der Waals surface area contributed by atoms with Gasteiger partial charge in [-0.1, -0.05) is 19.1 Å². The van der Waals surface area contributed by atoms with Crippen LogP contribution >= 0.6 is 0 Å². The highest BCUT2D eigenvalue weighted by atomic mass is 16.1. The molecule has 0 saturated heterocycles. The summed E-state index contributed by atoms with van der Waals surface area (Å²) in [4.78, 5) is 14.3. The molecule has 0 aliphatic rings. The van der Waals surface area contributed by atoms with Gasteiger partial charge >= 0.3 is 0 Å². The van der Waals surface area contributed by atoms with Crippen LogP contribution in [0.2, 0.25) is 0 Å². The maximum atomic E-state index is 12.0. The molecule has 0 fully saturated rings. The SMILES string of the molecule is CCN(CC)CCNC(=O)c1ccc2nn[nH]c2c1. The van der Waals surface area contributed by atoms with Crippen molar-refractivity contribution >= 4 is 16.9 Å². The van der Waals surface area contributed by atoms with E-state index in [9.17, 15) is 4.79 Å². The minimum absolute atomic E-state index is 0.0661. The normalized spacial score (nSPS) is 11.1. The van der Waals surface area contributed by atoms with Crippen molar-refractivity contribution in [2.75, 3.05) is 26.2 Å². The van der Waals surface area contributed by atoms with Gasteiger partial charge in [0.15, 0.2) is 0 Å². The fourth-order valence-corrected chi connectivity index (χ4v) is 1.96. The molecule has 0 radical (unpaired) electrons. The number of carbonyl (C=O) groups excluding carboxylic acids is 1. The first-order valence-electron chi connectivity index (χ1n) is 6.56. The summed E-state index contributed by atoms with van der Waals surface area (Å²) in [5.41, 5.74) is 2.16. The van der Waals surface area contributed by atoms with E-state index in [-0.39, 0.29) is 5.91 Å². The second kappa shape index (κ2) is 6.29. The molecule has 6 heteroatoms. The highest BCUT2D eigenvalue weighted by Gasteiger charge is 2.07. The molecule has 0 aliphatic heterocycles. The molecule has 0 bridgehead atoms. The van der Waals surface area contributed by atoms with Gasteiger partial charge in [0.2, 0.25) is 0 Å². The van der Waals surface area contributed by atoms with Crippen LogP contribution in [0.25, 0.3) is 11.0 Å². The van der Waals surface area contributed by atoms with Crippen LogP contribution in [0, 0.1) is 0 Å². The van der Waals surface area contributed by atoms with Crippen LogP contribution in [0.4, 0.5) is 0 Å². The zero-order valence-corrected chi connectivity index (χ0v) is 11.3. The van der Waals surface area contributed by atoms with Gasteiger partial charge in [-0.15, -0.1) is 5.10 Å². The number of rotatable bonds is 6. The molecule has 6 nitrogen and oxygen atoms in total. The van der Waals surface area contributed by atoms with Crippen molar-refractivity contribution in [3.8, 4) is 0 Å². The first kappa shape index (κ1) is 13.5. The summed E-state index contributed by atoms with van der Waals surface area (Å²) in [6, 6.07) is 5.32. The largest absolute Gasteiger partial charge is 0.351 e. The Morgan fingerprint density at radius 2 is 2.16 bits per heavy atom. The number of amides is 1. The molecular weight excluding hydrogens is 242 g/mol. The van der Waals surface area contributed by atoms with Crippen molar-refractivity contribution < 1.29 is 4.79 Å². The Hall–Kier alpha value is -1.95. The maximum absolute atomic E-state index is 12.0. The van der Waals surface area contributed by atoms with E-state index in [2.05, 4.69) is 39.5 Å². The quantitative estimate of drug-likeness (QED) is 0.814. The zero-order chi connectivity index (χ0) is 13.7. The fraction of sp³-hybridized carbons (Fsp3) is 0.462. The summed E-state index contributed by atoms with van der Waals surface area (Å²) in [7, 11) is 0. The van der Waals surface area contributed by atoms with Crippen molar-refractivity contribution in [2.24, 2.45) is 0 Å². The van der Waals surface area contributed by atoms with Gasteiger partial charge in [0.25, 0.3) is 5.91 Å². The zero-order valence-electron chi connectivity index (χ0n) is 11.3. The van der Waals surface area contributed by atoms with E-state index >= 15 is 0 Å². The van der Waals surface area contributed by atoms with E-state index in [4.69, 9.17) is 0 Å². The number of benzene rings is 1. The number of aromatic nitrogens is 3. The standard InChI is InChI=1S/C13H19N5O/c1-3-18(4-2)8-7-14-13(19)10-5-6-11-12(9-10)16-17-15-11/h5-6,9H,3-4,7-8H2,1-2H3,(H,14,19)(H,15,16,17). The summed E-state index contributed by atoms with van der Waals surface area (Å²) < 4.78 is 0. The van der Waals surface area contributed by atoms with Crippen LogP contribution in [-0.4, -0.2) is 52.4 Å². The molecule has 102 valence electrons. The molecule has 0 atom stereocenters. The lowest BCUT2D eigenvalue weighted by Crippen LogP contribution is -2.34. The van der Waals surface area contributed by atoms with Gasteiger partial charge in [0.05, 0.1) is 5.52 Å². The summed E-state index contributed by atoms with van der Waals surface area (Å²) in [6.45, 7) is 7.75. The van der Waals surface area contributed by atoms with Crippen molar-refractivity contribution in [3.63, 3.8) is 0 Å². The predicted molar refractivity (Wildman–Crippen MR) is 74.0 cm³/mol. The second-order valence-electron chi connectivity index (χ2n) is 4.33. The highest BCUT2D eigenvalue weighted by molar-refractivity contribution is 5.97. The monoisotopic (exact) mass is 261 g/mol. The number of nitrogens with zero attached hydrogens (tertiary/aromatic N) is 3. The third kappa shape index (κ3) is 3.29. The Balaban J connectivity index is 1.92. The Morgan fingerprint density at radius 3 is 2.89 bits per heavy atom. The number of fused-ring (bicyclic) bond motifs is 1. The molecule has 0 unspecified atom stereocenters. The van der Waals surface area contributed by atoms with Gasteiger partial charge in [0, 0.05) is 18.7 Å². The Bertz CT molecular complexity index is 547. The third-order valence-electron chi connectivity index (χ3n) is 3.19. The minimum Gasteiger partial charge on any atom is -0.351 e. The lowest BCUT2D eigenvalue weighted by atomic mass is 10.2. The van der Waals surface area contributed by atoms with Crippen LogP contribution in [0.1, 0.15) is 24.2 Å². The van der Waals surface area contributed by atoms with Crippen molar-refractivity contribution in [3.05, 3.63) is 23.8 Å². The van der Waals surface area contributed by atoms with Crippen molar-refractivity contribution in [1.82, 2.24) is 25.6 Å². The summed E-state index contributed by atoms with van der Waals surface area (Å²) in [5.74, 6) is -0.0661. The smallest absolute Gasteiger partial charge is 0.251 e. The number of H-pyrrole nitrogens is 1. The average molecular weight is 261 g/mol. The molecule has 0 aliphatic carbocycles. The average Bonchev–Trinajstić information content (AvgIpc) is 2.90. The van der Waals surface area contributed by atoms with Gasteiger partial charge in [-0.3, -0.25) is 9.89 Å². The number of hydrogen-bond donors (Lipinski definition) is 2.